The van der Waals surface area contributed by atoms with Gasteiger partial charge in [-0.05, 0) is 44.5 Å². The van der Waals surface area contributed by atoms with Crippen molar-refractivity contribution in [1.29, 1.82) is 0 Å². The van der Waals surface area contributed by atoms with Crippen LogP contribution in [0.5, 0.6) is 5.75 Å². The summed E-state index contributed by atoms with van der Waals surface area (Å²) in [4.78, 5) is 15.0. The lowest BCUT2D eigenvalue weighted by atomic mass is 10.0. The smallest absolute Gasteiger partial charge is 0.406 e. The first-order valence-corrected chi connectivity index (χ1v) is 7.91. The van der Waals surface area contributed by atoms with Crippen LogP contribution in [0, 0.1) is 0 Å². The van der Waals surface area contributed by atoms with Crippen molar-refractivity contribution in [2.75, 3.05) is 27.2 Å². The Hall–Kier alpha value is -1.76. The molecule has 0 N–H and O–H groups in total. The standard InChI is InChI=1S/C17H23F3N2O2/c1-12(10-13-4-6-14(24-3)7-5-13)21(2)15-8-9-22(16(15)23)11-17(18,19)20/h4-7,12,15H,8-11H2,1-3H3/t12-,15+/m1/s1. The van der Waals surface area contributed by atoms with E-state index in [0.29, 0.717) is 12.8 Å². The van der Waals surface area contributed by atoms with Crippen LogP contribution in [0.25, 0.3) is 0 Å². The molecule has 1 saturated heterocycles. The van der Waals surface area contributed by atoms with Gasteiger partial charge in [-0.1, -0.05) is 12.1 Å². The van der Waals surface area contributed by atoms with Crippen LogP contribution in [-0.2, 0) is 11.2 Å². The second-order valence-electron chi connectivity index (χ2n) is 6.25. The Morgan fingerprint density at radius 1 is 1.33 bits per heavy atom. The van der Waals surface area contributed by atoms with E-state index in [0.717, 1.165) is 16.2 Å². The zero-order chi connectivity index (χ0) is 17.9. The lowest BCUT2D eigenvalue weighted by Gasteiger charge is -2.30. The Labute approximate surface area is 140 Å². The molecule has 0 spiro atoms. The van der Waals surface area contributed by atoms with E-state index in [2.05, 4.69) is 0 Å². The third-order valence-electron chi connectivity index (χ3n) is 4.52. The van der Waals surface area contributed by atoms with Gasteiger partial charge in [0.05, 0.1) is 13.2 Å². The SMILES string of the molecule is COc1ccc(C[C@@H](C)N(C)[C@H]2CCN(CC(F)(F)F)C2=O)cc1. The molecule has 1 aromatic carbocycles. The number of ether oxygens (including phenoxy) is 1. The van der Waals surface area contributed by atoms with Crippen molar-refractivity contribution in [2.24, 2.45) is 0 Å². The number of alkyl halides is 3. The third-order valence-corrected chi connectivity index (χ3v) is 4.52. The summed E-state index contributed by atoms with van der Waals surface area (Å²) in [5.41, 5.74) is 1.09. The second kappa shape index (κ2) is 7.42. The summed E-state index contributed by atoms with van der Waals surface area (Å²) in [7, 11) is 3.40. The van der Waals surface area contributed by atoms with E-state index >= 15 is 0 Å². The first-order valence-electron chi connectivity index (χ1n) is 7.91. The highest BCUT2D eigenvalue weighted by molar-refractivity contribution is 5.84. The van der Waals surface area contributed by atoms with Crippen molar-refractivity contribution in [3.63, 3.8) is 0 Å². The first-order chi connectivity index (χ1) is 11.2. The fraction of sp³-hybridized carbons (Fsp3) is 0.588. The highest BCUT2D eigenvalue weighted by Gasteiger charge is 2.41. The van der Waals surface area contributed by atoms with E-state index in [1.807, 2.05) is 36.1 Å². The minimum Gasteiger partial charge on any atom is -0.497 e. The van der Waals surface area contributed by atoms with Gasteiger partial charge in [-0.25, -0.2) is 0 Å². The van der Waals surface area contributed by atoms with E-state index in [-0.39, 0.29) is 12.6 Å². The van der Waals surface area contributed by atoms with Crippen molar-refractivity contribution < 1.29 is 22.7 Å². The number of halogens is 3. The minimum absolute atomic E-state index is 0.0400. The van der Waals surface area contributed by atoms with Crippen molar-refractivity contribution in [3.8, 4) is 5.75 Å². The quantitative estimate of drug-likeness (QED) is 0.795. The first kappa shape index (κ1) is 18.6. The molecule has 2 atom stereocenters. The summed E-state index contributed by atoms with van der Waals surface area (Å²) in [5.74, 6) is 0.338. The number of likely N-dealkylation sites (tertiary alicyclic amines) is 1. The molecule has 0 aromatic heterocycles. The van der Waals surface area contributed by atoms with E-state index in [9.17, 15) is 18.0 Å². The summed E-state index contributed by atoms with van der Waals surface area (Å²) in [5, 5.41) is 0. The average Bonchev–Trinajstić information content (AvgIpc) is 2.86. The molecule has 1 aliphatic rings. The van der Waals surface area contributed by atoms with Crippen LogP contribution in [0.2, 0.25) is 0 Å². The molecular formula is C17H23F3N2O2. The maximum atomic E-state index is 12.5. The molecule has 134 valence electrons. The number of hydrogen-bond donors (Lipinski definition) is 0. The average molecular weight is 344 g/mol. The van der Waals surface area contributed by atoms with Crippen LogP contribution in [0.1, 0.15) is 18.9 Å². The molecule has 7 heteroatoms. The highest BCUT2D eigenvalue weighted by atomic mass is 19.4. The van der Waals surface area contributed by atoms with Gasteiger partial charge in [-0.15, -0.1) is 0 Å². The van der Waals surface area contributed by atoms with Gasteiger partial charge in [-0.2, -0.15) is 13.2 Å². The number of carbonyl (C=O) groups excluding carboxylic acids is 1. The Morgan fingerprint density at radius 3 is 2.50 bits per heavy atom. The lowest BCUT2D eigenvalue weighted by Crippen LogP contribution is -2.46. The molecule has 1 heterocycles. The minimum atomic E-state index is -4.35. The fourth-order valence-corrected chi connectivity index (χ4v) is 3.03. The molecule has 1 amide bonds. The second-order valence-corrected chi connectivity index (χ2v) is 6.25. The van der Waals surface area contributed by atoms with Gasteiger partial charge in [0.1, 0.15) is 12.3 Å². The number of carbonyl (C=O) groups is 1. The van der Waals surface area contributed by atoms with Gasteiger partial charge in [0, 0.05) is 12.6 Å². The Morgan fingerprint density at radius 2 is 1.96 bits per heavy atom. The van der Waals surface area contributed by atoms with Gasteiger partial charge < -0.3 is 9.64 Å². The molecule has 0 aliphatic carbocycles. The molecule has 0 unspecified atom stereocenters. The number of amides is 1. The van der Waals surface area contributed by atoms with Crippen LogP contribution in [0.4, 0.5) is 13.2 Å². The predicted octanol–water partition coefficient (Wildman–Crippen LogP) is 2.72. The molecule has 1 aromatic rings. The number of nitrogens with zero attached hydrogens (tertiary/aromatic N) is 2. The molecular weight excluding hydrogens is 321 g/mol. The van der Waals surface area contributed by atoms with E-state index in [1.165, 1.54) is 0 Å². The van der Waals surface area contributed by atoms with Crippen molar-refractivity contribution in [1.82, 2.24) is 9.80 Å². The van der Waals surface area contributed by atoms with Crippen LogP contribution in [-0.4, -0.2) is 61.2 Å². The van der Waals surface area contributed by atoms with Crippen molar-refractivity contribution >= 4 is 5.91 Å². The van der Waals surface area contributed by atoms with Gasteiger partial charge >= 0.3 is 6.18 Å². The maximum Gasteiger partial charge on any atom is 0.406 e. The summed E-state index contributed by atoms with van der Waals surface area (Å²) < 4.78 is 42.6. The molecule has 0 radical (unpaired) electrons. The number of hydrogen-bond acceptors (Lipinski definition) is 3. The van der Waals surface area contributed by atoms with Gasteiger partial charge in [-0.3, -0.25) is 9.69 Å². The number of likely N-dealkylation sites (N-methyl/N-ethyl adjacent to an activating group) is 1. The topological polar surface area (TPSA) is 32.8 Å². The molecule has 1 fully saturated rings. The molecule has 2 rings (SSSR count). The largest absolute Gasteiger partial charge is 0.497 e. The van der Waals surface area contributed by atoms with E-state index < -0.39 is 24.7 Å². The summed E-state index contributed by atoms with van der Waals surface area (Å²) >= 11 is 0. The predicted molar refractivity (Wildman–Crippen MR) is 85.0 cm³/mol. The van der Waals surface area contributed by atoms with E-state index in [1.54, 1.807) is 14.2 Å². The molecule has 0 bridgehead atoms. The normalized spacial score (nSPS) is 19.9. The Kier molecular flexibility index (Phi) is 5.74. The summed E-state index contributed by atoms with van der Waals surface area (Å²) in [6, 6.07) is 7.20. The zero-order valence-corrected chi connectivity index (χ0v) is 14.1. The third kappa shape index (κ3) is 4.63. The van der Waals surface area contributed by atoms with Crippen molar-refractivity contribution in [2.45, 2.75) is 38.0 Å². The van der Waals surface area contributed by atoms with Crippen molar-refractivity contribution in [3.05, 3.63) is 29.8 Å². The van der Waals surface area contributed by atoms with Crippen LogP contribution in [0.15, 0.2) is 24.3 Å². The molecule has 1 aliphatic heterocycles. The number of rotatable bonds is 6. The monoisotopic (exact) mass is 344 g/mol. The highest BCUT2D eigenvalue weighted by Crippen LogP contribution is 2.24. The van der Waals surface area contributed by atoms with Crippen LogP contribution >= 0.6 is 0 Å². The number of benzene rings is 1. The van der Waals surface area contributed by atoms with E-state index in [4.69, 9.17) is 4.74 Å². The Balaban J connectivity index is 1.95. The number of methoxy groups -OCH3 is 1. The summed E-state index contributed by atoms with van der Waals surface area (Å²) in [6.45, 7) is 0.968. The van der Waals surface area contributed by atoms with Gasteiger partial charge in [0.2, 0.25) is 5.91 Å². The van der Waals surface area contributed by atoms with Crippen LogP contribution in [0.3, 0.4) is 0 Å². The maximum absolute atomic E-state index is 12.5. The zero-order valence-electron chi connectivity index (χ0n) is 14.1. The van der Waals surface area contributed by atoms with Gasteiger partial charge in [0.25, 0.3) is 0 Å². The summed E-state index contributed by atoms with van der Waals surface area (Å²) in [6.07, 6.45) is -3.21. The Bertz CT molecular complexity index is 560. The molecule has 4 nitrogen and oxygen atoms in total. The van der Waals surface area contributed by atoms with Gasteiger partial charge in [0.15, 0.2) is 0 Å². The lowest BCUT2D eigenvalue weighted by molar-refractivity contribution is -0.159. The molecule has 24 heavy (non-hydrogen) atoms. The van der Waals surface area contributed by atoms with Crippen LogP contribution < -0.4 is 4.74 Å². The fourth-order valence-electron chi connectivity index (χ4n) is 3.03. The molecule has 0 saturated carbocycles.